The Morgan fingerprint density at radius 3 is 1.25 bits per heavy atom. The standard InChI is InChI=1S/C38H60N2O4/c1-5-7-9-11-25-39(3)27-13-15-37(41)31-43-29-33-17-21-35(22-18-33)36-23-19-34(20-24-36)30-44-32-38(42)16-14-28-40(4)26-12-10-8-6-2/h17-24H,5-16,25-32H2,1-4H3. The summed E-state index contributed by atoms with van der Waals surface area (Å²) in [6.45, 7) is 9.83. The van der Waals surface area contributed by atoms with E-state index in [-0.39, 0.29) is 24.8 Å². The third kappa shape index (κ3) is 17.8. The van der Waals surface area contributed by atoms with Crippen molar-refractivity contribution in [2.75, 3.05) is 53.5 Å². The van der Waals surface area contributed by atoms with Crippen molar-refractivity contribution in [1.82, 2.24) is 9.80 Å². The maximum absolute atomic E-state index is 12.2. The Morgan fingerprint density at radius 2 is 0.886 bits per heavy atom. The van der Waals surface area contributed by atoms with Gasteiger partial charge in [-0.3, -0.25) is 9.59 Å². The minimum Gasteiger partial charge on any atom is -0.369 e. The summed E-state index contributed by atoms with van der Waals surface area (Å²) in [6.07, 6.45) is 13.1. The number of ether oxygens (including phenoxy) is 2. The highest BCUT2D eigenvalue weighted by Crippen LogP contribution is 2.21. The molecule has 0 bridgehead atoms. The number of Topliss-reactive ketones (excluding diaryl/α,β-unsaturated/α-hetero) is 2. The molecule has 0 unspecified atom stereocenters. The van der Waals surface area contributed by atoms with Crippen LogP contribution >= 0.6 is 0 Å². The molecule has 0 radical (unpaired) electrons. The highest BCUT2D eigenvalue weighted by atomic mass is 16.5. The Labute approximate surface area is 268 Å². The van der Waals surface area contributed by atoms with Crippen LogP contribution < -0.4 is 0 Å². The Balaban J connectivity index is 1.59. The van der Waals surface area contributed by atoms with Crippen LogP contribution in [0.1, 0.15) is 102 Å². The average molecular weight is 609 g/mol. The van der Waals surface area contributed by atoms with E-state index < -0.39 is 0 Å². The Morgan fingerprint density at radius 1 is 0.523 bits per heavy atom. The van der Waals surface area contributed by atoms with Crippen LogP contribution in [-0.2, 0) is 32.3 Å². The molecule has 0 spiro atoms. The summed E-state index contributed by atoms with van der Waals surface area (Å²) in [5.74, 6) is 0.344. The molecule has 0 aliphatic heterocycles. The molecule has 0 atom stereocenters. The molecule has 0 aliphatic rings. The normalized spacial score (nSPS) is 11.5. The third-order valence-electron chi connectivity index (χ3n) is 8.08. The van der Waals surface area contributed by atoms with E-state index in [1.807, 2.05) is 0 Å². The molecular formula is C38H60N2O4. The fourth-order valence-electron chi connectivity index (χ4n) is 5.23. The number of carbonyl (C=O) groups is 2. The second-order valence-electron chi connectivity index (χ2n) is 12.4. The highest BCUT2D eigenvalue weighted by molar-refractivity contribution is 5.80. The summed E-state index contributed by atoms with van der Waals surface area (Å²) in [4.78, 5) is 29.1. The fourth-order valence-corrected chi connectivity index (χ4v) is 5.23. The number of unbranched alkanes of at least 4 members (excludes halogenated alkanes) is 6. The van der Waals surface area contributed by atoms with Crippen LogP contribution in [0.25, 0.3) is 11.1 Å². The first-order valence-electron chi connectivity index (χ1n) is 17.2. The lowest BCUT2D eigenvalue weighted by molar-refractivity contribution is -0.124. The van der Waals surface area contributed by atoms with Crippen LogP contribution in [0.5, 0.6) is 0 Å². The molecule has 6 nitrogen and oxygen atoms in total. The first-order valence-corrected chi connectivity index (χ1v) is 17.2. The van der Waals surface area contributed by atoms with E-state index in [2.05, 4.69) is 86.3 Å². The second-order valence-corrected chi connectivity index (χ2v) is 12.4. The minimum atomic E-state index is 0.172. The molecule has 0 amide bonds. The number of nitrogens with zero attached hydrogens (tertiary/aromatic N) is 2. The van der Waals surface area contributed by atoms with Gasteiger partial charge in [0.25, 0.3) is 0 Å². The highest BCUT2D eigenvalue weighted by Gasteiger charge is 2.07. The van der Waals surface area contributed by atoms with Crippen LogP contribution in [0.4, 0.5) is 0 Å². The van der Waals surface area contributed by atoms with Gasteiger partial charge in [0.05, 0.1) is 13.2 Å². The van der Waals surface area contributed by atoms with Gasteiger partial charge in [0.1, 0.15) is 13.2 Å². The summed E-state index contributed by atoms with van der Waals surface area (Å²) in [6, 6.07) is 16.6. The van der Waals surface area contributed by atoms with E-state index in [9.17, 15) is 9.59 Å². The van der Waals surface area contributed by atoms with Gasteiger partial charge < -0.3 is 19.3 Å². The number of benzene rings is 2. The summed E-state index contributed by atoms with van der Waals surface area (Å²) >= 11 is 0. The van der Waals surface area contributed by atoms with E-state index in [1.54, 1.807) is 0 Å². The Bertz CT molecular complexity index is 939. The first kappa shape index (κ1) is 37.8. The molecular weight excluding hydrogens is 548 g/mol. The van der Waals surface area contributed by atoms with E-state index in [0.717, 1.165) is 61.3 Å². The number of ketones is 2. The minimum absolute atomic E-state index is 0.172. The topological polar surface area (TPSA) is 59.1 Å². The van der Waals surface area contributed by atoms with Crippen molar-refractivity contribution in [2.24, 2.45) is 0 Å². The SMILES string of the molecule is CCCCCCN(C)CCCC(=O)COCc1ccc(-c2ccc(COCC(=O)CCCN(C)CCCCCC)cc2)cc1. The number of hydrogen-bond acceptors (Lipinski definition) is 6. The molecule has 0 N–H and O–H groups in total. The predicted molar refractivity (Wildman–Crippen MR) is 183 cm³/mol. The molecule has 0 saturated heterocycles. The van der Waals surface area contributed by atoms with Crippen molar-refractivity contribution >= 4 is 11.6 Å². The van der Waals surface area contributed by atoms with Crippen molar-refractivity contribution in [1.29, 1.82) is 0 Å². The van der Waals surface area contributed by atoms with Crippen molar-refractivity contribution in [2.45, 2.75) is 104 Å². The van der Waals surface area contributed by atoms with Gasteiger partial charge in [0.15, 0.2) is 11.6 Å². The van der Waals surface area contributed by atoms with Crippen molar-refractivity contribution in [3.63, 3.8) is 0 Å². The van der Waals surface area contributed by atoms with Gasteiger partial charge in [-0.2, -0.15) is 0 Å². The maximum atomic E-state index is 12.2. The monoisotopic (exact) mass is 608 g/mol. The molecule has 6 heteroatoms. The smallest absolute Gasteiger partial charge is 0.158 e. The van der Waals surface area contributed by atoms with E-state index >= 15 is 0 Å². The zero-order valence-electron chi connectivity index (χ0n) is 28.3. The zero-order chi connectivity index (χ0) is 31.8. The van der Waals surface area contributed by atoms with Gasteiger partial charge in [0, 0.05) is 12.8 Å². The van der Waals surface area contributed by atoms with Gasteiger partial charge in [-0.25, -0.2) is 0 Å². The van der Waals surface area contributed by atoms with Gasteiger partial charge in [-0.1, -0.05) is 101 Å². The van der Waals surface area contributed by atoms with Gasteiger partial charge >= 0.3 is 0 Å². The number of hydrogen-bond donors (Lipinski definition) is 0. The molecule has 0 saturated carbocycles. The Hall–Kier alpha value is -2.38. The fraction of sp³-hybridized carbons (Fsp3) is 0.632. The zero-order valence-corrected chi connectivity index (χ0v) is 28.3. The summed E-state index contributed by atoms with van der Waals surface area (Å²) in [5, 5.41) is 0. The summed E-state index contributed by atoms with van der Waals surface area (Å²) < 4.78 is 11.4. The van der Waals surface area contributed by atoms with Gasteiger partial charge in [-0.15, -0.1) is 0 Å². The molecule has 0 heterocycles. The average Bonchev–Trinajstić information content (AvgIpc) is 3.02. The molecule has 0 aromatic heterocycles. The molecule has 0 aliphatic carbocycles. The van der Waals surface area contributed by atoms with Crippen LogP contribution in [0, 0.1) is 0 Å². The number of rotatable bonds is 27. The lowest BCUT2D eigenvalue weighted by Crippen LogP contribution is -2.22. The van der Waals surface area contributed by atoms with Crippen LogP contribution in [-0.4, -0.2) is 74.9 Å². The molecule has 0 fully saturated rings. The molecule has 44 heavy (non-hydrogen) atoms. The first-order chi connectivity index (χ1) is 21.4. The van der Waals surface area contributed by atoms with Crippen LogP contribution in [0.3, 0.4) is 0 Å². The van der Waals surface area contributed by atoms with Gasteiger partial charge in [-0.05, 0) is 88.2 Å². The van der Waals surface area contributed by atoms with E-state index in [1.165, 1.54) is 51.4 Å². The van der Waals surface area contributed by atoms with E-state index in [0.29, 0.717) is 26.1 Å². The van der Waals surface area contributed by atoms with Crippen LogP contribution in [0.2, 0.25) is 0 Å². The van der Waals surface area contributed by atoms with Crippen LogP contribution in [0.15, 0.2) is 48.5 Å². The predicted octanol–water partition coefficient (Wildman–Crippen LogP) is 8.11. The third-order valence-corrected chi connectivity index (χ3v) is 8.08. The summed E-state index contributed by atoms with van der Waals surface area (Å²) in [5.41, 5.74) is 4.37. The molecule has 2 aromatic carbocycles. The van der Waals surface area contributed by atoms with Crippen molar-refractivity contribution < 1.29 is 19.1 Å². The maximum Gasteiger partial charge on any atom is 0.158 e. The molecule has 2 rings (SSSR count). The molecule has 246 valence electrons. The van der Waals surface area contributed by atoms with E-state index in [4.69, 9.17) is 9.47 Å². The largest absolute Gasteiger partial charge is 0.369 e. The van der Waals surface area contributed by atoms with Crippen molar-refractivity contribution in [3.05, 3.63) is 59.7 Å². The number of carbonyl (C=O) groups excluding carboxylic acids is 2. The van der Waals surface area contributed by atoms with Crippen molar-refractivity contribution in [3.8, 4) is 11.1 Å². The molecule has 2 aromatic rings. The summed E-state index contributed by atoms with van der Waals surface area (Å²) in [7, 11) is 4.28. The second kappa shape index (κ2) is 23.9. The quantitative estimate of drug-likeness (QED) is 0.0955. The van der Waals surface area contributed by atoms with Gasteiger partial charge in [0.2, 0.25) is 0 Å². The Kier molecular flexibility index (Phi) is 20.6. The lowest BCUT2D eigenvalue weighted by Gasteiger charge is -2.16. The lowest BCUT2D eigenvalue weighted by atomic mass is 10.0.